The summed E-state index contributed by atoms with van der Waals surface area (Å²) in [5.74, 6) is -0.112. The molecule has 0 aliphatic carbocycles. The van der Waals surface area contributed by atoms with Crippen molar-refractivity contribution in [3.05, 3.63) is 59.7 Å². The fourth-order valence-corrected chi connectivity index (χ4v) is 3.68. The normalized spacial score (nSPS) is 11.7. The molecule has 2 N–H and O–H groups in total. The molecule has 1 aromatic rings. The molecule has 190 valence electrons. The van der Waals surface area contributed by atoms with Gasteiger partial charge < -0.3 is 19.6 Å². The van der Waals surface area contributed by atoms with E-state index >= 15 is 0 Å². The van der Waals surface area contributed by atoms with Crippen LogP contribution in [0.2, 0.25) is 0 Å². The lowest BCUT2D eigenvalue weighted by atomic mass is 10.1. The molecule has 0 radical (unpaired) electrons. The molecular weight excluding hydrogens is 424 g/mol. The lowest BCUT2D eigenvalue weighted by molar-refractivity contribution is -0.890. The summed E-state index contributed by atoms with van der Waals surface area (Å²) in [5.41, 5.74) is 3.85. The molecule has 0 saturated carbocycles. The number of rotatable bonds is 16. The van der Waals surface area contributed by atoms with Gasteiger partial charge in [0.2, 0.25) is 11.8 Å². The number of carbonyl (C=O) groups excluding carboxylic acids is 2. The molecule has 0 saturated heterocycles. The Morgan fingerprint density at radius 2 is 1.00 bits per heavy atom. The van der Waals surface area contributed by atoms with Crippen LogP contribution in [0.25, 0.3) is 0 Å². The van der Waals surface area contributed by atoms with Crippen LogP contribution in [-0.2, 0) is 22.4 Å². The first-order valence-electron chi connectivity index (χ1n) is 12.4. The van der Waals surface area contributed by atoms with Gasteiger partial charge in [0.05, 0.1) is 54.4 Å². The maximum Gasteiger partial charge on any atom is 0.246 e. The molecule has 1 rings (SSSR count). The summed E-state index contributed by atoms with van der Waals surface area (Å²) in [6.45, 7) is 16.4. The zero-order valence-electron chi connectivity index (χ0n) is 22.5. The predicted octanol–water partition coefficient (Wildman–Crippen LogP) is 3.09. The van der Waals surface area contributed by atoms with Crippen LogP contribution in [0, 0.1) is 0 Å². The van der Waals surface area contributed by atoms with Crippen molar-refractivity contribution in [3.63, 3.8) is 0 Å². The Morgan fingerprint density at radius 1 is 0.676 bits per heavy atom. The fraction of sp³-hybridized carbons (Fsp3) is 0.571. The lowest BCUT2D eigenvalue weighted by Crippen LogP contribution is -2.43. The summed E-state index contributed by atoms with van der Waals surface area (Å²) in [6, 6.07) is 9.04. The number of likely N-dealkylation sites (N-methyl/N-ethyl adjacent to an activating group) is 2. The van der Waals surface area contributed by atoms with Crippen molar-refractivity contribution in [2.45, 2.75) is 39.5 Å². The summed E-state index contributed by atoms with van der Waals surface area (Å²) < 4.78 is 1.87. The third-order valence-electron chi connectivity index (χ3n) is 6.26. The molecule has 2 amide bonds. The maximum absolute atomic E-state index is 11.6. The third-order valence-corrected chi connectivity index (χ3v) is 6.26. The average molecular weight is 473 g/mol. The maximum atomic E-state index is 11.6. The van der Waals surface area contributed by atoms with Gasteiger partial charge in [-0.2, -0.15) is 0 Å². The second-order valence-corrected chi connectivity index (χ2v) is 10.9. The minimum absolute atomic E-state index is 0.0559. The van der Waals surface area contributed by atoms with E-state index in [1.54, 1.807) is 13.8 Å². The molecule has 0 bridgehead atoms. The minimum atomic E-state index is -0.0559. The highest BCUT2D eigenvalue weighted by atomic mass is 16.2. The molecule has 1 aromatic carbocycles. The van der Waals surface area contributed by atoms with E-state index in [1.165, 1.54) is 11.1 Å². The SMILES string of the molecule is C=C(C)C(=O)NCCC[N+](C)(C)CCc1ccc(CC[N+](C)(C)CCCNC(=O)C(=C)C)cc1. The summed E-state index contributed by atoms with van der Waals surface area (Å²) in [6.07, 6.45) is 4.00. The van der Waals surface area contributed by atoms with Gasteiger partial charge in [-0.1, -0.05) is 37.4 Å². The standard InChI is InChI=1S/C28H46N4O2/c1-23(2)27(33)29-17-9-19-31(5,6)21-15-25-11-13-26(14-12-25)16-22-32(7,8)20-10-18-30-28(34)24(3)4/h11-14H,1,3,9-10,15-22H2,2,4-8H3/p+2. The van der Waals surface area contributed by atoms with Gasteiger partial charge in [0.1, 0.15) is 0 Å². The molecule has 0 aliphatic heterocycles. The number of quaternary nitrogens is 2. The largest absolute Gasteiger partial charge is 0.352 e. The number of nitrogens with one attached hydrogen (secondary N) is 2. The Labute approximate surface area is 207 Å². The summed E-state index contributed by atoms with van der Waals surface area (Å²) >= 11 is 0. The van der Waals surface area contributed by atoms with Crippen molar-refractivity contribution in [1.82, 2.24) is 10.6 Å². The number of nitrogens with zero attached hydrogens (tertiary/aromatic N) is 2. The van der Waals surface area contributed by atoms with Crippen molar-refractivity contribution in [2.75, 3.05) is 67.5 Å². The van der Waals surface area contributed by atoms with Gasteiger partial charge in [-0.05, 0) is 25.0 Å². The van der Waals surface area contributed by atoms with E-state index in [4.69, 9.17) is 0 Å². The van der Waals surface area contributed by atoms with E-state index in [-0.39, 0.29) is 11.8 Å². The summed E-state index contributed by atoms with van der Waals surface area (Å²) in [7, 11) is 9.00. The Kier molecular flexibility index (Phi) is 12.2. The van der Waals surface area contributed by atoms with Crippen molar-refractivity contribution in [1.29, 1.82) is 0 Å². The van der Waals surface area contributed by atoms with E-state index in [0.717, 1.165) is 60.8 Å². The second kappa shape index (κ2) is 14.1. The highest BCUT2D eigenvalue weighted by molar-refractivity contribution is 5.92. The second-order valence-electron chi connectivity index (χ2n) is 10.9. The van der Waals surface area contributed by atoms with Gasteiger partial charge in [-0.3, -0.25) is 9.59 Å². The van der Waals surface area contributed by atoms with Gasteiger partial charge in [-0.25, -0.2) is 0 Å². The minimum Gasteiger partial charge on any atom is -0.352 e. The van der Waals surface area contributed by atoms with Crippen LogP contribution >= 0.6 is 0 Å². The van der Waals surface area contributed by atoms with Crippen molar-refractivity contribution in [2.24, 2.45) is 0 Å². The van der Waals surface area contributed by atoms with E-state index in [1.807, 2.05) is 0 Å². The predicted molar refractivity (Wildman–Crippen MR) is 142 cm³/mol. The summed E-state index contributed by atoms with van der Waals surface area (Å²) in [5, 5.41) is 5.82. The first-order chi connectivity index (χ1) is 15.8. The van der Waals surface area contributed by atoms with Crippen LogP contribution in [0.3, 0.4) is 0 Å². The molecule has 34 heavy (non-hydrogen) atoms. The Hall–Kier alpha value is -2.44. The van der Waals surface area contributed by atoms with Crippen molar-refractivity contribution < 1.29 is 18.6 Å². The third kappa shape index (κ3) is 12.7. The molecule has 0 fully saturated rings. The van der Waals surface area contributed by atoms with E-state index in [9.17, 15) is 9.59 Å². The van der Waals surface area contributed by atoms with Gasteiger partial charge in [0, 0.05) is 49.9 Å². The van der Waals surface area contributed by atoms with Gasteiger partial charge in [-0.15, -0.1) is 0 Å². The number of benzene rings is 1. The molecule has 6 nitrogen and oxygen atoms in total. The monoisotopic (exact) mass is 472 g/mol. The van der Waals surface area contributed by atoms with Gasteiger partial charge in [0.15, 0.2) is 0 Å². The molecule has 0 heterocycles. The van der Waals surface area contributed by atoms with Crippen molar-refractivity contribution >= 4 is 11.8 Å². The molecular formula is C28H48N4O2+2. The van der Waals surface area contributed by atoms with Crippen molar-refractivity contribution in [3.8, 4) is 0 Å². The highest BCUT2D eigenvalue weighted by Crippen LogP contribution is 2.11. The molecule has 0 spiro atoms. The highest BCUT2D eigenvalue weighted by Gasteiger charge is 2.16. The molecule has 0 aliphatic rings. The quantitative estimate of drug-likeness (QED) is 0.221. The smallest absolute Gasteiger partial charge is 0.246 e. The van der Waals surface area contributed by atoms with Crippen LogP contribution < -0.4 is 10.6 Å². The van der Waals surface area contributed by atoms with Crippen LogP contribution in [0.15, 0.2) is 48.6 Å². The van der Waals surface area contributed by atoms with Gasteiger partial charge >= 0.3 is 0 Å². The molecule has 0 aromatic heterocycles. The van der Waals surface area contributed by atoms with Crippen LogP contribution in [-0.4, -0.2) is 88.2 Å². The van der Waals surface area contributed by atoms with E-state index in [0.29, 0.717) is 24.2 Å². The average Bonchev–Trinajstić information content (AvgIpc) is 2.77. The molecule has 0 unspecified atom stereocenters. The topological polar surface area (TPSA) is 58.2 Å². The Morgan fingerprint density at radius 3 is 1.29 bits per heavy atom. The zero-order valence-corrected chi connectivity index (χ0v) is 22.5. The Bertz CT molecular complexity index is 756. The zero-order chi connectivity index (χ0) is 25.8. The number of hydrogen-bond acceptors (Lipinski definition) is 2. The molecule has 6 heteroatoms. The van der Waals surface area contributed by atoms with Crippen LogP contribution in [0.4, 0.5) is 0 Å². The number of amides is 2. The number of hydrogen-bond donors (Lipinski definition) is 2. The summed E-state index contributed by atoms with van der Waals surface area (Å²) in [4.78, 5) is 23.2. The fourth-order valence-electron chi connectivity index (χ4n) is 3.68. The van der Waals surface area contributed by atoms with E-state index in [2.05, 4.69) is 76.2 Å². The van der Waals surface area contributed by atoms with Gasteiger partial charge in [0.25, 0.3) is 0 Å². The number of carbonyl (C=O) groups is 2. The lowest BCUT2D eigenvalue weighted by Gasteiger charge is -2.30. The van der Waals surface area contributed by atoms with Crippen LogP contribution in [0.5, 0.6) is 0 Å². The van der Waals surface area contributed by atoms with E-state index < -0.39 is 0 Å². The Balaban J connectivity index is 2.34. The van der Waals surface area contributed by atoms with Crippen LogP contribution in [0.1, 0.15) is 37.8 Å². The first kappa shape index (κ1) is 29.6. The first-order valence-corrected chi connectivity index (χ1v) is 12.4. The molecule has 0 atom stereocenters.